The molecule has 0 saturated carbocycles. The van der Waals surface area contributed by atoms with E-state index in [1.54, 1.807) is 12.1 Å². The Morgan fingerprint density at radius 3 is 2.75 bits per heavy atom. The van der Waals surface area contributed by atoms with E-state index in [1.807, 2.05) is 13.8 Å². The van der Waals surface area contributed by atoms with E-state index in [1.165, 1.54) is 6.07 Å². The summed E-state index contributed by atoms with van der Waals surface area (Å²) in [6.07, 6.45) is 1.68. The second kappa shape index (κ2) is 7.60. The molecule has 0 spiro atoms. The van der Waals surface area contributed by atoms with Gasteiger partial charge in [0.15, 0.2) is 0 Å². The van der Waals surface area contributed by atoms with E-state index in [4.69, 9.17) is 16.7 Å². The van der Waals surface area contributed by atoms with Crippen LogP contribution >= 0.6 is 11.6 Å². The number of carboxylic acid groups (broad SMARTS) is 1. The van der Waals surface area contributed by atoms with Crippen LogP contribution in [0.2, 0.25) is 5.02 Å². The molecular weight excluding hydrogens is 281 g/mol. The second-order valence-corrected chi connectivity index (χ2v) is 6.08. The molecule has 5 heteroatoms. The van der Waals surface area contributed by atoms with Crippen LogP contribution in [0.1, 0.15) is 38.7 Å². The van der Waals surface area contributed by atoms with Gasteiger partial charge in [0.1, 0.15) is 5.82 Å². The summed E-state index contributed by atoms with van der Waals surface area (Å²) in [6, 6.07) is 4.75. The Kier molecular flexibility index (Phi) is 6.43. The van der Waals surface area contributed by atoms with Crippen LogP contribution < -0.4 is 5.32 Å². The molecular formula is C15H21ClFNO2. The van der Waals surface area contributed by atoms with Gasteiger partial charge in [-0.05, 0) is 36.4 Å². The lowest BCUT2D eigenvalue weighted by molar-refractivity contribution is -0.137. The third-order valence-electron chi connectivity index (χ3n) is 3.34. The number of rotatable bonds is 8. The van der Waals surface area contributed by atoms with Gasteiger partial charge in [0, 0.05) is 13.0 Å². The minimum Gasteiger partial charge on any atom is -0.481 e. The lowest BCUT2D eigenvalue weighted by Gasteiger charge is -2.24. The Morgan fingerprint density at radius 1 is 1.40 bits per heavy atom. The van der Waals surface area contributed by atoms with Crippen LogP contribution in [-0.2, 0) is 11.3 Å². The minimum atomic E-state index is -0.766. The average Bonchev–Trinajstić information content (AvgIpc) is 2.37. The van der Waals surface area contributed by atoms with Gasteiger partial charge in [-0.15, -0.1) is 0 Å². The molecule has 0 fully saturated rings. The molecule has 1 aromatic rings. The Balaban J connectivity index is 2.34. The van der Waals surface area contributed by atoms with Crippen molar-refractivity contribution in [1.29, 1.82) is 0 Å². The van der Waals surface area contributed by atoms with Gasteiger partial charge in [-0.25, -0.2) is 4.39 Å². The van der Waals surface area contributed by atoms with Crippen molar-refractivity contribution in [2.24, 2.45) is 5.41 Å². The molecule has 0 radical (unpaired) electrons. The van der Waals surface area contributed by atoms with Crippen molar-refractivity contribution in [3.05, 3.63) is 34.6 Å². The maximum Gasteiger partial charge on any atom is 0.303 e. The van der Waals surface area contributed by atoms with Gasteiger partial charge >= 0.3 is 5.97 Å². The van der Waals surface area contributed by atoms with Crippen molar-refractivity contribution in [3.8, 4) is 0 Å². The van der Waals surface area contributed by atoms with Gasteiger partial charge in [-0.1, -0.05) is 37.6 Å². The third kappa shape index (κ3) is 5.88. The molecule has 0 bridgehead atoms. The quantitative estimate of drug-likeness (QED) is 0.717. The highest BCUT2D eigenvalue weighted by Crippen LogP contribution is 2.26. The number of hydrogen-bond donors (Lipinski definition) is 2. The Labute approximate surface area is 124 Å². The normalized spacial score (nSPS) is 11.6. The van der Waals surface area contributed by atoms with Gasteiger partial charge in [0.25, 0.3) is 0 Å². The summed E-state index contributed by atoms with van der Waals surface area (Å²) in [4.78, 5) is 10.6. The maximum absolute atomic E-state index is 13.2. The Bertz CT molecular complexity index is 463. The summed E-state index contributed by atoms with van der Waals surface area (Å²) in [6.45, 7) is 5.34. The predicted octanol–water partition coefficient (Wildman–Crippen LogP) is 3.85. The van der Waals surface area contributed by atoms with Crippen LogP contribution in [0, 0.1) is 11.2 Å². The first-order valence-corrected chi connectivity index (χ1v) is 7.05. The van der Waals surface area contributed by atoms with Crippen LogP contribution in [0.5, 0.6) is 0 Å². The topological polar surface area (TPSA) is 49.3 Å². The second-order valence-electron chi connectivity index (χ2n) is 5.70. The van der Waals surface area contributed by atoms with Gasteiger partial charge in [0.2, 0.25) is 0 Å². The van der Waals surface area contributed by atoms with Crippen molar-refractivity contribution < 1.29 is 14.3 Å². The molecule has 1 rings (SSSR count). The SMILES string of the molecule is CC(C)(CCNCc1cccc(F)c1Cl)CCC(=O)O. The lowest BCUT2D eigenvalue weighted by atomic mass is 9.84. The molecule has 2 N–H and O–H groups in total. The summed E-state index contributed by atoms with van der Waals surface area (Å²) in [5.41, 5.74) is 0.701. The molecule has 3 nitrogen and oxygen atoms in total. The number of carbonyl (C=O) groups is 1. The summed E-state index contributed by atoms with van der Waals surface area (Å²) in [7, 11) is 0. The number of halogens is 2. The van der Waals surface area contributed by atoms with E-state index in [0.29, 0.717) is 13.0 Å². The fourth-order valence-electron chi connectivity index (χ4n) is 1.91. The number of nitrogens with one attached hydrogen (secondary N) is 1. The van der Waals surface area contributed by atoms with Gasteiger partial charge in [0.05, 0.1) is 5.02 Å². The van der Waals surface area contributed by atoms with Crippen LogP contribution in [-0.4, -0.2) is 17.6 Å². The van der Waals surface area contributed by atoms with Crippen LogP contribution in [0.3, 0.4) is 0 Å². The highest BCUT2D eigenvalue weighted by Gasteiger charge is 2.18. The van der Waals surface area contributed by atoms with Crippen molar-refractivity contribution in [1.82, 2.24) is 5.32 Å². The van der Waals surface area contributed by atoms with E-state index in [0.717, 1.165) is 18.5 Å². The van der Waals surface area contributed by atoms with Crippen molar-refractivity contribution in [2.45, 2.75) is 39.7 Å². The zero-order valence-electron chi connectivity index (χ0n) is 11.9. The highest BCUT2D eigenvalue weighted by atomic mass is 35.5. The summed E-state index contributed by atoms with van der Waals surface area (Å²) < 4.78 is 13.2. The first-order valence-electron chi connectivity index (χ1n) is 6.67. The first-order chi connectivity index (χ1) is 9.32. The predicted molar refractivity (Wildman–Crippen MR) is 78.4 cm³/mol. The maximum atomic E-state index is 13.2. The molecule has 0 aliphatic heterocycles. The molecule has 0 unspecified atom stereocenters. The average molecular weight is 302 g/mol. The standard InChI is InChI=1S/C15H21ClFNO2/c1-15(2,7-6-13(19)20)8-9-18-10-11-4-3-5-12(17)14(11)16/h3-5,18H,6-10H2,1-2H3,(H,19,20). The Hall–Kier alpha value is -1.13. The molecule has 0 aromatic heterocycles. The summed E-state index contributed by atoms with van der Waals surface area (Å²) in [5, 5.41) is 12.1. The van der Waals surface area contributed by atoms with Gasteiger partial charge in [-0.3, -0.25) is 4.79 Å². The van der Waals surface area contributed by atoms with Crippen molar-refractivity contribution in [2.75, 3.05) is 6.54 Å². The van der Waals surface area contributed by atoms with Crippen molar-refractivity contribution in [3.63, 3.8) is 0 Å². The van der Waals surface area contributed by atoms with E-state index in [9.17, 15) is 9.18 Å². The van der Waals surface area contributed by atoms with E-state index in [2.05, 4.69) is 5.32 Å². The van der Waals surface area contributed by atoms with Gasteiger partial charge in [-0.2, -0.15) is 0 Å². The molecule has 0 saturated heterocycles. The molecule has 0 heterocycles. The Morgan fingerprint density at radius 2 is 2.10 bits per heavy atom. The van der Waals surface area contributed by atoms with Gasteiger partial charge < -0.3 is 10.4 Å². The van der Waals surface area contributed by atoms with E-state index < -0.39 is 11.8 Å². The number of hydrogen-bond acceptors (Lipinski definition) is 2. The zero-order chi connectivity index (χ0) is 15.2. The summed E-state index contributed by atoms with van der Waals surface area (Å²) in [5.74, 6) is -1.18. The molecule has 1 aromatic carbocycles. The highest BCUT2D eigenvalue weighted by molar-refractivity contribution is 6.31. The van der Waals surface area contributed by atoms with E-state index in [-0.39, 0.29) is 16.9 Å². The van der Waals surface area contributed by atoms with Crippen molar-refractivity contribution >= 4 is 17.6 Å². The minimum absolute atomic E-state index is 0.0306. The van der Waals surface area contributed by atoms with E-state index >= 15 is 0 Å². The number of aliphatic carboxylic acids is 1. The largest absolute Gasteiger partial charge is 0.481 e. The third-order valence-corrected chi connectivity index (χ3v) is 3.76. The van der Waals surface area contributed by atoms with Crippen LogP contribution in [0.25, 0.3) is 0 Å². The molecule has 0 aliphatic rings. The number of benzene rings is 1. The van der Waals surface area contributed by atoms with Crippen LogP contribution in [0.15, 0.2) is 18.2 Å². The zero-order valence-corrected chi connectivity index (χ0v) is 12.6. The van der Waals surface area contributed by atoms with Crippen LogP contribution in [0.4, 0.5) is 4.39 Å². The molecule has 20 heavy (non-hydrogen) atoms. The molecule has 112 valence electrons. The fourth-order valence-corrected chi connectivity index (χ4v) is 2.10. The molecule has 0 atom stereocenters. The molecule has 0 aliphatic carbocycles. The molecule has 0 amide bonds. The lowest BCUT2D eigenvalue weighted by Crippen LogP contribution is -2.23. The smallest absolute Gasteiger partial charge is 0.303 e. The monoisotopic (exact) mass is 301 g/mol. The fraction of sp³-hybridized carbons (Fsp3) is 0.533. The first kappa shape index (κ1) is 16.9. The number of carboxylic acids is 1. The summed E-state index contributed by atoms with van der Waals surface area (Å²) >= 11 is 5.87.